The molecule has 0 bridgehead atoms. The molecular weight excluding hydrogens is 252 g/mol. The van der Waals surface area contributed by atoms with Crippen LogP contribution in [0.4, 0.5) is 5.69 Å². The molecule has 110 valence electrons. The van der Waals surface area contributed by atoms with Crippen molar-refractivity contribution in [1.82, 2.24) is 4.90 Å². The molecule has 1 aromatic carbocycles. The Morgan fingerprint density at radius 3 is 2.70 bits per heavy atom. The zero-order valence-electron chi connectivity index (χ0n) is 12.3. The topological polar surface area (TPSA) is 52.6 Å². The van der Waals surface area contributed by atoms with Crippen LogP contribution in [-0.2, 0) is 4.79 Å². The lowest BCUT2D eigenvalue weighted by molar-refractivity contribution is -0.118. The summed E-state index contributed by atoms with van der Waals surface area (Å²) in [5.74, 6) is 0.478. The van der Waals surface area contributed by atoms with Gasteiger partial charge in [0.15, 0.2) is 0 Å². The minimum Gasteiger partial charge on any atom is -0.392 e. The number of amides is 1. The fraction of sp³-hybridized carbons (Fsp3) is 0.562. The number of hydrogen-bond acceptors (Lipinski definition) is 3. The second kappa shape index (κ2) is 6.86. The van der Waals surface area contributed by atoms with Gasteiger partial charge in [0.2, 0.25) is 5.91 Å². The number of piperidine rings is 1. The van der Waals surface area contributed by atoms with Crippen molar-refractivity contribution in [2.75, 3.05) is 25.0 Å². The second-order valence-electron chi connectivity index (χ2n) is 5.86. The number of rotatable bonds is 4. The third-order valence-electron chi connectivity index (χ3n) is 3.71. The molecule has 1 unspecified atom stereocenters. The van der Waals surface area contributed by atoms with Crippen LogP contribution >= 0.6 is 0 Å². The summed E-state index contributed by atoms with van der Waals surface area (Å²) >= 11 is 0. The number of nitrogens with one attached hydrogen (secondary N) is 1. The molecule has 4 nitrogen and oxygen atoms in total. The highest BCUT2D eigenvalue weighted by Gasteiger charge is 2.19. The predicted molar refractivity (Wildman–Crippen MR) is 80.8 cm³/mol. The molecule has 1 atom stereocenters. The van der Waals surface area contributed by atoms with E-state index in [9.17, 15) is 9.90 Å². The lowest BCUT2D eigenvalue weighted by Gasteiger charge is -2.29. The summed E-state index contributed by atoms with van der Waals surface area (Å²) < 4.78 is 0. The van der Waals surface area contributed by atoms with Gasteiger partial charge in [-0.05, 0) is 43.0 Å². The number of aliphatic hydroxyl groups is 1. The van der Waals surface area contributed by atoms with Gasteiger partial charge in [-0.25, -0.2) is 0 Å². The van der Waals surface area contributed by atoms with Crippen LogP contribution in [0, 0.1) is 0 Å². The van der Waals surface area contributed by atoms with Crippen molar-refractivity contribution < 1.29 is 9.90 Å². The molecule has 0 spiro atoms. The van der Waals surface area contributed by atoms with Crippen LogP contribution in [0.25, 0.3) is 0 Å². The van der Waals surface area contributed by atoms with Gasteiger partial charge in [-0.2, -0.15) is 0 Å². The minimum absolute atomic E-state index is 0.0172. The van der Waals surface area contributed by atoms with Gasteiger partial charge in [0.1, 0.15) is 0 Å². The van der Waals surface area contributed by atoms with E-state index in [0.29, 0.717) is 19.0 Å². The normalized spacial score (nSPS) is 20.1. The summed E-state index contributed by atoms with van der Waals surface area (Å²) in [6.45, 7) is 6.13. The summed E-state index contributed by atoms with van der Waals surface area (Å²) in [5.41, 5.74) is 2.10. The van der Waals surface area contributed by atoms with Gasteiger partial charge >= 0.3 is 0 Å². The van der Waals surface area contributed by atoms with Crippen molar-refractivity contribution in [3.63, 3.8) is 0 Å². The second-order valence-corrected chi connectivity index (χ2v) is 5.86. The fourth-order valence-corrected chi connectivity index (χ4v) is 2.53. The highest BCUT2D eigenvalue weighted by atomic mass is 16.3. The average molecular weight is 276 g/mol. The van der Waals surface area contributed by atoms with Gasteiger partial charge < -0.3 is 10.4 Å². The number of anilines is 1. The summed E-state index contributed by atoms with van der Waals surface area (Å²) in [6, 6.07) is 7.98. The largest absolute Gasteiger partial charge is 0.392 e. The van der Waals surface area contributed by atoms with E-state index in [4.69, 9.17) is 0 Å². The van der Waals surface area contributed by atoms with Gasteiger partial charge in [0.25, 0.3) is 0 Å². The summed E-state index contributed by atoms with van der Waals surface area (Å²) in [7, 11) is 0. The quantitative estimate of drug-likeness (QED) is 0.886. The third kappa shape index (κ3) is 4.32. The maximum absolute atomic E-state index is 12.0. The number of aliphatic hydroxyl groups excluding tert-OH is 1. The van der Waals surface area contributed by atoms with Crippen LogP contribution in [-0.4, -0.2) is 41.7 Å². The Kier molecular flexibility index (Phi) is 5.15. The molecule has 0 aromatic heterocycles. The lowest BCUT2D eigenvalue weighted by Crippen LogP contribution is -2.42. The molecule has 1 aliphatic heterocycles. The molecule has 1 aromatic rings. The number of nitrogens with zero attached hydrogens (tertiary/aromatic N) is 1. The summed E-state index contributed by atoms with van der Waals surface area (Å²) in [5, 5.41) is 12.5. The Morgan fingerprint density at radius 2 is 2.10 bits per heavy atom. The van der Waals surface area contributed by atoms with Crippen molar-refractivity contribution in [3.8, 4) is 0 Å². The van der Waals surface area contributed by atoms with Crippen molar-refractivity contribution in [1.29, 1.82) is 0 Å². The maximum Gasteiger partial charge on any atom is 0.238 e. The van der Waals surface area contributed by atoms with E-state index in [0.717, 1.165) is 25.1 Å². The Labute approximate surface area is 120 Å². The van der Waals surface area contributed by atoms with E-state index in [1.54, 1.807) is 0 Å². The Balaban J connectivity index is 1.84. The molecule has 0 radical (unpaired) electrons. The minimum atomic E-state index is -0.290. The van der Waals surface area contributed by atoms with E-state index in [2.05, 4.69) is 19.2 Å². The van der Waals surface area contributed by atoms with Crippen LogP contribution in [0.5, 0.6) is 0 Å². The number of hydrogen-bond donors (Lipinski definition) is 2. The molecule has 4 heteroatoms. The van der Waals surface area contributed by atoms with Crippen LogP contribution in [0.15, 0.2) is 24.3 Å². The molecule has 0 saturated carbocycles. The summed E-state index contributed by atoms with van der Waals surface area (Å²) in [6.07, 6.45) is 1.51. The zero-order chi connectivity index (χ0) is 14.5. The number of likely N-dealkylation sites (tertiary alicyclic amines) is 1. The Bertz CT molecular complexity index is 442. The van der Waals surface area contributed by atoms with Crippen LogP contribution in [0.3, 0.4) is 0 Å². The standard InChI is InChI=1S/C16H24N2O2/c1-12(2)13-5-7-14(8-6-13)17-16(20)11-18-9-3-4-15(19)10-18/h5-8,12,15,19H,3-4,9-11H2,1-2H3,(H,17,20). The first-order valence-corrected chi connectivity index (χ1v) is 7.35. The van der Waals surface area contributed by atoms with Crippen LogP contribution in [0.2, 0.25) is 0 Å². The van der Waals surface area contributed by atoms with Crippen molar-refractivity contribution >= 4 is 11.6 Å². The zero-order valence-corrected chi connectivity index (χ0v) is 12.3. The first-order valence-electron chi connectivity index (χ1n) is 7.35. The molecule has 2 rings (SSSR count). The molecule has 1 aliphatic rings. The van der Waals surface area contributed by atoms with E-state index in [-0.39, 0.29) is 12.0 Å². The molecule has 1 heterocycles. The van der Waals surface area contributed by atoms with E-state index in [1.807, 2.05) is 29.2 Å². The SMILES string of the molecule is CC(C)c1ccc(NC(=O)CN2CCCC(O)C2)cc1. The van der Waals surface area contributed by atoms with Gasteiger partial charge in [0, 0.05) is 12.2 Å². The fourth-order valence-electron chi connectivity index (χ4n) is 2.53. The van der Waals surface area contributed by atoms with E-state index >= 15 is 0 Å². The van der Waals surface area contributed by atoms with E-state index < -0.39 is 0 Å². The molecule has 1 fully saturated rings. The highest BCUT2D eigenvalue weighted by molar-refractivity contribution is 5.92. The van der Waals surface area contributed by atoms with Crippen molar-refractivity contribution in [3.05, 3.63) is 29.8 Å². The molecule has 1 amide bonds. The highest BCUT2D eigenvalue weighted by Crippen LogP contribution is 2.17. The monoisotopic (exact) mass is 276 g/mol. The Hall–Kier alpha value is -1.39. The predicted octanol–water partition coefficient (Wildman–Crippen LogP) is 2.21. The van der Waals surface area contributed by atoms with Gasteiger partial charge in [-0.3, -0.25) is 9.69 Å². The molecule has 0 aliphatic carbocycles. The first-order chi connectivity index (χ1) is 9.54. The lowest BCUT2D eigenvalue weighted by atomic mass is 10.0. The van der Waals surface area contributed by atoms with Gasteiger partial charge in [-0.1, -0.05) is 26.0 Å². The molecule has 20 heavy (non-hydrogen) atoms. The number of β-amino-alcohol motifs (C(OH)–C–C–N with tert-alkyl or cyclic N) is 1. The van der Waals surface area contributed by atoms with Crippen LogP contribution in [0.1, 0.15) is 38.2 Å². The maximum atomic E-state index is 12.0. The van der Waals surface area contributed by atoms with Crippen molar-refractivity contribution in [2.24, 2.45) is 0 Å². The van der Waals surface area contributed by atoms with Gasteiger partial charge in [0.05, 0.1) is 12.6 Å². The number of benzene rings is 1. The average Bonchev–Trinajstić information content (AvgIpc) is 2.39. The molecule has 2 N–H and O–H groups in total. The number of carbonyl (C=O) groups is 1. The molecular formula is C16H24N2O2. The third-order valence-corrected chi connectivity index (χ3v) is 3.71. The number of carbonyl (C=O) groups excluding carboxylic acids is 1. The first kappa shape index (κ1) is 15.0. The van der Waals surface area contributed by atoms with Crippen molar-refractivity contribution in [2.45, 2.75) is 38.7 Å². The van der Waals surface area contributed by atoms with Gasteiger partial charge in [-0.15, -0.1) is 0 Å². The van der Waals surface area contributed by atoms with E-state index in [1.165, 1.54) is 5.56 Å². The summed E-state index contributed by atoms with van der Waals surface area (Å²) in [4.78, 5) is 14.0. The smallest absolute Gasteiger partial charge is 0.238 e. The van der Waals surface area contributed by atoms with Crippen LogP contribution < -0.4 is 5.32 Å². The Morgan fingerprint density at radius 1 is 1.40 bits per heavy atom. The molecule has 1 saturated heterocycles.